The minimum atomic E-state index is -1.49. The van der Waals surface area contributed by atoms with E-state index in [4.69, 9.17) is 4.74 Å². The van der Waals surface area contributed by atoms with Crippen LogP contribution in [0.2, 0.25) is 0 Å². The van der Waals surface area contributed by atoms with Crippen LogP contribution < -0.4 is 5.32 Å². The number of hydrogen-bond donors (Lipinski definition) is 2. The number of ether oxygens (including phenoxy) is 1. The Balaban J connectivity index is 2.18. The molecule has 2 N–H and O–H groups in total. The summed E-state index contributed by atoms with van der Waals surface area (Å²) >= 11 is 0. The quantitative estimate of drug-likeness (QED) is 0.869. The fourth-order valence-corrected chi connectivity index (χ4v) is 2.23. The molecule has 2 unspecified atom stereocenters. The highest BCUT2D eigenvalue weighted by atomic mass is 19.2. The summed E-state index contributed by atoms with van der Waals surface area (Å²) in [6.45, 7) is 2.44. The Kier molecular flexibility index (Phi) is 4.35. The van der Waals surface area contributed by atoms with Gasteiger partial charge in [0.25, 0.3) is 0 Å². The maximum Gasteiger partial charge on any atom is 0.328 e. The Morgan fingerprint density at radius 1 is 1.50 bits per heavy atom. The molecule has 1 saturated heterocycles. The molecule has 110 valence electrons. The van der Waals surface area contributed by atoms with E-state index in [0.717, 1.165) is 25.0 Å². The lowest BCUT2D eigenvalue weighted by Gasteiger charge is -2.28. The topological polar surface area (TPSA) is 58.6 Å². The lowest BCUT2D eigenvalue weighted by Crippen LogP contribution is -2.49. The number of benzene rings is 1. The molecule has 0 aromatic heterocycles. The fraction of sp³-hybridized carbons (Fsp3) is 0.500. The van der Waals surface area contributed by atoms with Gasteiger partial charge in [-0.3, -0.25) is 5.32 Å². The number of hydrogen-bond acceptors (Lipinski definition) is 3. The van der Waals surface area contributed by atoms with Gasteiger partial charge >= 0.3 is 5.97 Å². The van der Waals surface area contributed by atoms with Gasteiger partial charge in [0.15, 0.2) is 11.6 Å². The first kappa shape index (κ1) is 14.9. The number of aliphatic carboxylic acids is 1. The lowest BCUT2D eigenvalue weighted by molar-refractivity contribution is -0.144. The second-order valence-electron chi connectivity index (χ2n) is 5.07. The van der Waals surface area contributed by atoms with Gasteiger partial charge in [-0.05, 0) is 37.5 Å². The van der Waals surface area contributed by atoms with Crippen LogP contribution in [0.25, 0.3) is 0 Å². The third-order valence-electron chi connectivity index (χ3n) is 3.63. The average molecular weight is 285 g/mol. The Morgan fingerprint density at radius 2 is 2.25 bits per heavy atom. The van der Waals surface area contributed by atoms with Crippen LogP contribution in [0.4, 0.5) is 8.78 Å². The predicted octanol–water partition coefficient (Wildman–Crippen LogP) is 2.03. The zero-order valence-electron chi connectivity index (χ0n) is 11.2. The van der Waals surface area contributed by atoms with E-state index in [2.05, 4.69) is 5.32 Å². The van der Waals surface area contributed by atoms with Crippen LogP contribution in [0.1, 0.15) is 25.3 Å². The van der Waals surface area contributed by atoms with E-state index in [1.54, 1.807) is 0 Å². The van der Waals surface area contributed by atoms with Crippen molar-refractivity contribution >= 4 is 5.97 Å². The minimum Gasteiger partial charge on any atom is -0.480 e. The van der Waals surface area contributed by atoms with E-state index in [9.17, 15) is 18.7 Å². The number of nitrogens with one attached hydrogen (secondary N) is 1. The summed E-state index contributed by atoms with van der Waals surface area (Å²) in [4.78, 5) is 11.5. The van der Waals surface area contributed by atoms with E-state index >= 15 is 0 Å². The lowest BCUT2D eigenvalue weighted by atomic mass is 9.91. The molecular formula is C14H17F2NO3. The molecular weight excluding hydrogens is 268 g/mol. The third-order valence-corrected chi connectivity index (χ3v) is 3.63. The van der Waals surface area contributed by atoms with Gasteiger partial charge < -0.3 is 9.84 Å². The van der Waals surface area contributed by atoms with E-state index in [0.29, 0.717) is 13.2 Å². The van der Waals surface area contributed by atoms with Crippen molar-refractivity contribution in [3.8, 4) is 0 Å². The standard InChI is InChI=1S/C14H17F2NO3/c1-14(13(18)19,17-8-10-3-2-6-20-10)9-4-5-11(15)12(16)7-9/h4-5,7,10,17H,2-3,6,8H2,1H3,(H,18,19). The summed E-state index contributed by atoms with van der Waals surface area (Å²) in [6.07, 6.45) is 1.76. The first-order valence-electron chi connectivity index (χ1n) is 6.49. The molecule has 0 aliphatic carbocycles. The molecule has 0 amide bonds. The van der Waals surface area contributed by atoms with Crippen molar-refractivity contribution in [3.05, 3.63) is 35.4 Å². The summed E-state index contributed by atoms with van der Waals surface area (Å²) in [5.41, 5.74) is -1.32. The predicted molar refractivity (Wildman–Crippen MR) is 68.3 cm³/mol. The van der Waals surface area contributed by atoms with E-state index in [1.165, 1.54) is 13.0 Å². The van der Waals surface area contributed by atoms with Crippen molar-refractivity contribution in [2.24, 2.45) is 0 Å². The molecule has 1 aliphatic heterocycles. The van der Waals surface area contributed by atoms with Gasteiger partial charge in [-0.15, -0.1) is 0 Å². The molecule has 2 rings (SSSR count). The number of halogens is 2. The van der Waals surface area contributed by atoms with Crippen molar-refractivity contribution < 1.29 is 23.4 Å². The van der Waals surface area contributed by atoms with Gasteiger partial charge in [-0.1, -0.05) is 6.07 Å². The SMILES string of the molecule is CC(NCC1CCCO1)(C(=O)O)c1ccc(F)c(F)c1. The monoisotopic (exact) mass is 285 g/mol. The summed E-state index contributed by atoms with van der Waals surface area (Å²) < 4.78 is 31.7. The van der Waals surface area contributed by atoms with Gasteiger partial charge in [-0.25, -0.2) is 13.6 Å². The second kappa shape index (κ2) is 5.85. The van der Waals surface area contributed by atoms with Crippen LogP contribution in [-0.4, -0.2) is 30.3 Å². The van der Waals surface area contributed by atoms with Gasteiger partial charge in [0.2, 0.25) is 0 Å². The number of carboxylic acid groups (broad SMARTS) is 1. The zero-order valence-corrected chi connectivity index (χ0v) is 11.2. The molecule has 1 aromatic rings. The maximum atomic E-state index is 13.3. The summed E-state index contributed by atoms with van der Waals surface area (Å²) in [7, 11) is 0. The average Bonchev–Trinajstić information content (AvgIpc) is 2.92. The first-order valence-corrected chi connectivity index (χ1v) is 6.49. The second-order valence-corrected chi connectivity index (χ2v) is 5.07. The van der Waals surface area contributed by atoms with Crippen LogP contribution in [0.3, 0.4) is 0 Å². The van der Waals surface area contributed by atoms with Gasteiger partial charge in [0, 0.05) is 13.2 Å². The van der Waals surface area contributed by atoms with E-state index < -0.39 is 23.1 Å². The van der Waals surface area contributed by atoms with Crippen LogP contribution >= 0.6 is 0 Å². The highest BCUT2D eigenvalue weighted by Gasteiger charge is 2.36. The third kappa shape index (κ3) is 2.96. The van der Waals surface area contributed by atoms with Crippen molar-refractivity contribution in [3.63, 3.8) is 0 Å². The summed E-state index contributed by atoms with van der Waals surface area (Å²) in [6, 6.07) is 3.11. The van der Waals surface area contributed by atoms with Gasteiger partial charge in [-0.2, -0.15) is 0 Å². The van der Waals surface area contributed by atoms with Crippen molar-refractivity contribution in [1.82, 2.24) is 5.32 Å². The molecule has 1 aromatic carbocycles. The van der Waals surface area contributed by atoms with Crippen molar-refractivity contribution in [2.75, 3.05) is 13.2 Å². The molecule has 0 spiro atoms. The van der Waals surface area contributed by atoms with E-state index in [1.807, 2.05) is 0 Å². The Labute approximate surface area is 115 Å². The maximum absolute atomic E-state index is 13.3. The first-order chi connectivity index (χ1) is 9.43. The molecule has 20 heavy (non-hydrogen) atoms. The van der Waals surface area contributed by atoms with Crippen LogP contribution in [0, 0.1) is 11.6 Å². The molecule has 0 saturated carbocycles. The fourth-order valence-electron chi connectivity index (χ4n) is 2.23. The molecule has 0 bridgehead atoms. The van der Waals surface area contributed by atoms with Crippen LogP contribution in [-0.2, 0) is 15.1 Å². The highest BCUT2D eigenvalue weighted by molar-refractivity contribution is 5.80. The number of carbonyl (C=O) groups is 1. The largest absolute Gasteiger partial charge is 0.480 e. The van der Waals surface area contributed by atoms with Gasteiger partial charge in [0.05, 0.1) is 6.10 Å². The van der Waals surface area contributed by atoms with E-state index in [-0.39, 0.29) is 11.7 Å². The smallest absolute Gasteiger partial charge is 0.328 e. The van der Waals surface area contributed by atoms with Crippen molar-refractivity contribution in [1.29, 1.82) is 0 Å². The molecule has 1 aliphatic rings. The molecule has 1 heterocycles. The molecule has 0 radical (unpaired) electrons. The van der Waals surface area contributed by atoms with Crippen LogP contribution in [0.5, 0.6) is 0 Å². The normalized spacial score (nSPS) is 21.6. The van der Waals surface area contributed by atoms with Crippen molar-refractivity contribution in [2.45, 2.75) is 31.4 Å². The summed E-state index contributed by atoms with van der Waals surface area (Å²) in [5, 5.41) is 12.3. The molecule has 4 nitrogen and oxygen atoms in total. The number of carboxylic acids is 1. The zero-order chi connectivity index (χ0) is 14.8. The van der Waals surface area contributed by atoms with Gasteiger partial charge in [0.1, 0.15) is 5.54 Å². The Bertz CT molecular complexity index is 503. The van der Waals surface area contributed by atoms with Crippen LogP contribution in [0.15, 0.2) is 18.2 Å². The Hall–Kier alpha value is -1.53. The summed E-state index contributed by atoms with van der Waals surface area (Å²) in [5.74, 6) is -3.21. The molecule has 6 heteroatoms. The molecule has 2 atom stereocenters. The minimum absolute atomic E-state index is 0.0426. The highest BCUT2D eigenvalue weighted by Crippen LogP contribution is 2.24. The number of rotatable bonds is 5. The Morgan fingerprint density at radius 3 is 2.80 bits per heavy atom. The molecule has 1 fully saturated rings.